The van der Waals surface area contributed by atoms with Crippen LogP contribution in [0.1, 0.15) is 12.8 Å². The monoisotopic (exact) mass is 328 g/mol. The second-order valence-electron chi connectivity index (χ2n) is 5.64. The fourth-order valence-corrected chi connectivity index (χ4v) is 2.61. The zero-order chi connectivity index (χ0) is 16.8. The van der Waals surface area contributed by atoms with Gasteiger partial charge >= 0.3 is 0 Å². The molecule has 0 aliphatic carbocycles. The lowest BCUT2D eigenvalue weighted by atomic mass is 9.92. The molecule has 1 unspecified atom stereocenters. The number of rotatable bonds is 5. The Labute approximate surface area is 140 Å². The molecule has 1 atom stereocenters. The van der Waals surface area contributed by atoms with Crippen LogP contribution in [0.5, 0.6) is 11.6 Å². The predicted molar refractivity (Wildman–Crippen MR) is 88.7 cm³/mol. The van der Waals surface area contributed by atoms with Crippen molar-refractivity contribution in [2.45, 2.75) is 18.9 Å². The molecule has 1 aromatic heterocycles. The van der Waals surface area contributed by atoms with E-state index in [-0.39, 0.29) is 11.8 Å². The highest BCUT2D eigenvalue weighted by Crippen LogP contribution is 2.23. The van der Waals surface area contributed by atoms with Gasteiger partial charge in [0, 0.05) is 37.4 Å². The van der Waals surface area contributed by atoms with E-state index in [1.54, 1.807) is 36.7 Å². The predicted octanol–water partition coefficient (Wildman–Crippen LogP) is 1.96. The molecule has 0 spiro atoms. The minimum atomic E-state index is -0.543. The first-order chi connectivity index (χ1) is 11.7. The fraction of sp³-hybridized carbons (Fsp3) is 0.353. The van der Waals surface area contributed by atoms with Crippen LogP contribution in [0.3, 0.4) is 0 Å². The second kappa shape index (κ2) is 7.85. The molecule has 2 aromatic rings. The van der Waals surface area contributed by atoms with Crippen molar-refractivity contribution in [1.29, 1.82) is 0 Å². The lowest BCUT2D eigenvalue weighted by molar-refractivity contribution is -0.119. The molecule has 7 nitrogen and oxygen atoms in total. The molecule has 1 aliphatic heterocycles. The Hall–Kier alpha value is -2.51. The Kier molecular flexibility index (Phi) is 5.35. The van der Waals surface area contributed by atoms with Gasteiger partial charge in [0.2, 0.25) is 11.8 Å². The van der Waals surface area contributed by atoms with Gasteiger partial charge in [-0.25, -0.2) is 4.98 Å². The van der Waals surface area contributed by atoms with Crippen LogP contribution < -0.4 is 15.8 Å². The molecule has 1 fully saturated rings. The molecule has 2 heterocycles. The highest BCUT2D eigenvalue weighted by Gasteiger charge is 2.26. The van der Waals surface area contributed by atoms with Crippen LogP contribution in [0.25, 0.3) is 0 Å². The van der Waals surface area contributed by atoms with E-state index >= 15 is 0 Å². The summed E-state index contributed by atoms with van der Waals surface area (Å²) in [6, 6.07) is 6.55. The van der Waals surface area contributed by atoms with Crippen molar-refractivity contribution in [3.63, 3.8) is 0 Å². The number of nitrogens with zero attached hydrogens (tertiary/aromatic N) is 2. The molecule has 0 bridgehead atoms. The van der Waals surface area contributed by atoms with E-state index in [4.69, 9.17) is 15.2 Å². The minimum absolute atomic E-state index is 0.151. The Bertz CT molecular complexity index is 675. The molecule has 3 rings (SSSR count). The summed E-state index contributed by atoms with van der Waals surface area (Å²) in [7, 11) is 0. The van der Waals surface area contributed by atoms with Gasteiger partial charge in [-0.15, -0.1) is 0 Å². The van der Waals surface area contributed by atoms with Crippen LogP contribution in [0.2, 0.25) is 0 Å². The number of carbonyl (C=O) groups is 1. The lowest BCUT2D eigenvalue weighted by Crippen LogP contribution is -2.43. The highest BCUT2D eigenvalue weighted by atomic mass is 16.5. The molecular weight excluding hydrogens is 308 g/mol. The van der Waals surface area contributed by atoms with Crippen molar-refractivity contribution in [2.24, 2.45) is 11.7 Å². The Morgan fingerprint density at radius 1 is 1.33 bits per heavy atom. The van der Waals surface area contributed by atoms with Gasteiger partial charge in [0.15, 0.2) is 0 Å². The molecule has 7 heteroatoms. The van der Waals surface area contributed by atoms with Crippen LogP contribution in [0.15, 0.2) is 42.9 Å². The first-order valence-corrected chi connectivity index (χ1v) is 7.90. The van der Waals surface area contributed by atoms with Crippen molar-refractivity contribution in [3.8, 4) is 11.6 Å². The summed E-state index contributed by atoms with van der Waals surface area (Å²) in [4.78, 5) is 20.3. The maximum Gasteiger partial charge on any atom is 0.241 e. The van der Waals surface area contributed by atoms with E-state index in [1.807, 2.05) is 0 Å². The maximum absolute atomic E-state index is 12.3. The third kappa shape index (κ3) is 4.27. The van der Waals surface area contributed by atoms with Gasteiger partial charge in [0.1, 0.15) is 5.75 Å². The number of hydrogen-bond acceptors (Lipinski definition) is 6. The molecular formula is C17H20N4O3. The van der Waals surface area contributed by atoms with Crippen LogP contribution in [0, 0.1) is 5.92 Å². The summed E-state index contributed by atoms with van der Waals surface area (Å²) >= 11 is 0. The van der Waals surface area contributed by atoms with E-state index in [2.05, 4.69) is 15.3 Å². The molecule has 3 N–H and O–H groups in total. The van der Waals surface area contributed by atoms with Gasteiger partial charge in [-0.2, -0.15) is 0 Å². The molecule has 1 saturated heterocycles. The minimum Gasteiger partial charge on any atom is -0.437 e. The van der Waals surface area contributed by atoms with Crippen molar-refractivity contribution in [3.05, 3.63) is 42.9 Å². The average molecular weight is 328 g/mol. The maximum atomic E-state index is 12.3. The van der Waals surface area contributed by atoms with Crippen molar-refractivity contribution < 1.29 is 14.3 Å². The smallest absolute Gasteiger partial charge is 0.241 e. The zero-order valence-electron chi connectivity index (χ0n) is 13.2. The Morgan fingerprint density at radius 2 is 2.17 bits per heavy atom. The molecule has 1 aromatic carbocycles. The molecule has 0 saturated carbocycles. The van der Waals surface area contributed by atoms with E-state index in [1.165, 1.54) is 6.20 Å². The summed E-state index contributed by atoms with van der Waals surface area (Å²) in [6.07, 6.45) is 6.26. The Balaban J connectivity index is 1.62. The Morgan fingerprint density at radius 3 is 2.92 bits per heavy atom. The fourth-order valence-electron chi connectivity index (χ4n) is 2.61. The number of benzene rings is 1. The summed E-state index contributed by atoms with van der Waals surface area (Å²) in [5.41, 5.74) is 6.71. The first kappa shape index (κ1) is 16.4. The highest BCUT2D eigenvalue weighted by molar-refractivity contribution is 5.95. The largest absolute Gasteiger partial charge is 0.437 e. The number of hydrogen-bond donors (Lipinski definition) is 2. The summed E-state index contributed by atoms with van der Waals surface area (Å²) < 4.78 is 10.9. The second-order valence-corrected chi connectivity index (χ2v) is 5.64. The van der Waals surface area contributed by atoms with E-state index in [0.29, 0.717) is 30.5 Å². The van der Waals surface area contributed by atoms with Crippen molar-refractivity contribution in [2.75, 3.05) is 18.5 Å². The number of amides is 1. The number of carbonyl (C=O) groups excluding carboxylic acids is 1. The molecule has 24 heavy (non-hydrogen) atoms. The molecule has 126 valence electrons. The average Bonchev–Trinajstić information content (AvgIpc) is 2.63. The topological polar surface area (TPSA) is 99.4 Å². The van der Waals surface area contributed by atoms with Gasteiger partial charge in [-0.3, -0.25) is 9.78 Å². The van der Waals surface area contributed by atoms with Crippen molar-refractivity contribution in [1.82, 2.24) is 9.97 Å². The molecule has 0 radical (unpaired) electrons. The van der Waals surface area contributed by atoms with Gasteiger partial charge < -0.3 is 20.5 Å². The quantitative estimate of drug-likeness (QED) is 0.870. The third-order valence-corrected chi connectivity index (χ3v) is 3.94. The lowest BCUT2D eigenvalue weighted by Gasteiger charge is -2.26. The summed E-state index contributed by atoms with van der Waals surface area (Å²) in [5, 5.41) is 2.84. The summed E-state index contributed by atoms with van der Waals surface area (Å²) in [6.45, 7) is 1.32. The molecule has 1 amide bonds. The third-order valence-electron chi connectivity index (χ3n) is 3.94. The SMILES string of the molecule is NC(C(=O)Nc1cccc(Oc2cnccn2)c1)C1CCOCC1. The summed E-state index contributed by atoms with van der Waals surface area (Å²) in [5.74, 6) is 0.907. The van der Waals surface area contributed by atoms with Crippen LogP contribution in [0.4, 0.5) is 5.69 Å². The van der Waals surface area contributed by atoms with Crippen LogP contribution >= 0.6 is 0 Å². The number of aromatic nitrogens is 2. The number of nitrogens with one attached hydrogen (secondary N) is 1. The van der Waals surface area contributed by atoms with E-state index < -0.39 is 6.04 Å². The van der Waals surface area contributed by atoms with Gasteiger partial charge in [-0.1, -0.05) is 6.07 Å². The standard InChI is InChI=1S/C17H20N4O3/c18-16(12-4-8-23-9-5-12)17(22)21-13-2-1-3-14(10-13)24-15-11-19-6-7-20-15/h1-3,6-7,10-12,16H,4-5,8-9,18H2,(H,21,22). The van der Waals surface area contributed by atoms with Crippen molar-refractivity contribution >= 4 is 11.6 Å². The molecule has 1 aliphatic rings. The van der Waals surface area contributed by atoms with Gasteiger partial charge in [0.25, 0.3) is 0 Å². The van der Waals surface area contributed by atoms with Gasteiger partial charge in [-0.05, 0) is 30.9 Å². The van der Waals surface area contributed by atoms with Crippen LogP contribution in [-0.2, 0) is 9.53 Å². The van der Waals surface area contributed by atoms with E-state index in [0.717, 1.165) is 12.8 Å². The van der Waals surface area contributed by atoms with E-state index in [9.17, 15) is 4.79 Å². The van der Waals surface area contributed by atoms with Crippen LogP contribution in [-0.4, -0.2) is 35.1 Å². The van der Waals surface area contributed by atoms with Gasteiger partial charge in [0.05, 0.1) is 12.2 Å². The zero-order valence-corrected chi connectivity index (χ0v) is 13.2. The number of ether oxygens (including phenoxy) is 2. The normalized spacial score (nSPS) is 16.4. The number of anilines is 1. The number of nitrogens with two attached hydrogens (primary N) is 1. The first-order valence-electron chi connectivity index (χ1n) is 7.90.